The standard InChI is InChI=1S/C13H12F3NO/c1-2-10-9-11(13(14,15)16)3-4-12(10)17-5-7-18-8-6-17/h1,3-4,9H,5-8H2. The molecule has 0 amide bonds. The molecule has 1 heterocycles. The van der Waals surface area contributed by atoms with E-state index in [0.29, 0.717) is 32.0 Å². The number of benzene rings is 1. The molecule has 0 N–H and O–H groups in total. The maximum absolute atomic E-state index is 12.6. The average Bonchev–Trinajstić information content (AvgIpc) is 2.38. The largest absolute Gasteiger partial charge is 0.416 e. The number of anilines is 1. The third-order valence-electron chi connectivity index (χ3n) is 2.83. The maximum atomic E-state index is 12.6. The van der Waals surface area contributed by atoms with E-state index in [2.05, 4.69) is 5.92 Å². The van der Waals surface area contributed by atoms with Crippen LogP contribution in [0.1, 0.15) is 11.1 Å². The molecule has 0 unspecified atom stereocenters. The quantitative estimate of drug-likeness (QED) is 0.715. The van der Waals surface area contributed by atoms with Crippen LogP contribution < -0.4 is 4.90 Å². The van der Waals surface area contributed by atoms with E-state index in [9.17, 15) is 13.2 Å². The first kappa shape index (κ1) is 12.8. The highest BCUT2D eigenvalue weighted by molar-refractivity contribution is 5.62. The number of terminal acetylenes is 1. The molecule has 18 heavy (non-hydrogen) atoms. The number of alkyl halides is 3. The fraction of sp³-hybridized carbons (Fsp3) is 0.385. The third-order valence-corrected chi connectivity index (χ3v) is 2.83. The molecule has 1 aliphatic rings. The minimum atomic E-state index is -4.37. The molecule has 0 aliphatic carbocycles. The smallest absolute Gasteiger partial charge is 0.378 e. The number of rotatable bonds is 1. The summed E-state index contributed by atoms with van der Waals surface area (Å²) in [7, 11) is 0. The van der Waals surface area contributed by atoms with E-state index >= 15 is 0 Å². The first-order chi connectivity index (χ1) is 8.52. The van der Waals surface area contributed by atoms with Crippen molar-refractivity contribution >= 4 is 5.69 Å². The van der Waals surface area contributed by atoms with Crippen LogP contribution in [0.3, 0.4) is 0 Å². The summed E-state index contributed by atoms with van der Waals surface area (Å²) in [6.07, 6.45) is 0.928. The van der Waals surface area contributed by atoms with Crippen molar-refractivity contribution in [2.75, 3.05) is 31.2 Å². The lowest BCUT2D eigenvalue weighted by atomic mass is 10.1. The van der Waals surface area contributed by atoms with Crippen LogP contribution in [-0.4, -0.2) is 26.3 Å². The summed E-state index contributed by atoms with van der Waals surface area (Å²) in [6, 6.07) is 3.51. The van der Waals surface area contributed by atoms with E-state index in [0.717, 1.165) is 12.1 Å². The number of hydrogen-bond acceptors (Lipinski definition) is 2. The van der Waals surface area contributed by atoms with Gasteiger partial charge >= 0.3 is 6.18 Å². The molecule has 0 aromatic heterocycles. The van der Waals surface area contributed by atoms with Crippen LogP contribution in [0.5, 0.6) is 0 Å². The van der Waals surface area contributed by atoms with Gasteiger partial charge in [0.15, 0.2) is 0 Å². The monoisotopic (exact) mass is 255 g/mol. The van der Waals surface area contributed by atoms with Gasteiger partial charge in [-0.15, -0.1) is 6.42 Å². The highest BCUT2D eigenvalue weighted by Gasteiger charge is 2.31. The van der Waals surface area contributed by atoms with Gasteiger partial charge in [-0.1, -0.05) is 5.92 Å². The third kappa shape index (κ3) is 2.59. The molecule has 0 spiro atoms. The van der Waals surface area contributed by atoms with E-state index in [-0.39, 0.29) is 5.56 Å². The molecule has 1 saturated heterocycles. The second-order valence-corrected chi connectivity index (χ2v) is 3.97. The Labute approximate surface area is 103 Å². The Balaban J connectivity index is 2.34. The average molecular weight is 255 g/mol. The number of nitrogens with zero attached hydrogens (tertiary/aromatic N) is 1. The van der Waals surface area contributed by atoms with E-state index in [4.69, 9.17) is 11.2 Å². The molecule has 1 aromatic carbocycles. The second kappa shape index (κ2) is 4.91. The van der Waals surface area contributed by atoms with Crippen molar-refractivity contribution in [3.63, 3.8) is 0 Å². The SMILES string of the molecule is C#Cc1cc(C(F)(F)F)ccc1N1CCOCC1. The van der Waals surface area contributed by atoms with Gasteiger partial charge in [-0.2, -0.15) is 13.2 Å². The van der Waals surface area contributed by atoms with Gasteiger partial charge in [0.25, 0.3) is 0 Å². The second-order valence-electron chi connectivity index (χ2n) is 3.97. The van der Waals surface area contributed by atoms with Crippen molar-refractivity contribution in [2.24, 2.45) is 0 Å². The lowest BCUT2D eigenvalue weighted by Gasteiger charge is -2.30. The molecule has 0 atom stereocenters. The van der Waals surface area contributed by atoms with Crippen LogP contribution in [-0.2, 0) is 10.9 Å². The van der Waals surface area contributed by atoms with E-state index < -0.39 is 11.7 Å². The van der Waals surface area contributed by atoms with Crippen molar-refractivity contribution in [2.45, 2.75) is 6.18 Å². The van der Waals surface area contributed by atoms with Crippen molar-refractivity contribution in [3.8, 4) is 12.3 Å². The predicted molar refractivity (Wildman–Crippen MR) is 62.4 cm³/mol. The molecule has 0 bridgehead atoms. The number of hydrogen-bond donors (Lipinski definition) is 0. The summed E-state index contributed by atoms with van der Waals surface area (Å²) >= 11 is 0. The van der Waals surface area contributed by atoms with Gasteiger partial charge in [0.1, 0.15) is 0 Å². The summed E-state index contributed by atoms with van der Waals surface area (Å²) in [5, 5.41) is 0. The summed E-state index contributed by atoms with van der Waals surface area (Å²) in [4.78, 5) is 1.94. The highest BCUT2D eigenvalue weighted by Crippen LogP contribution is 2.32. The lowest BCUT2D eigenvalue weighted by molar-refractivity contribution is -0.137. The summed E-state index contributed by atoms with van der Waals surface area (Å²) in [6.45, 7) is 2.40. The van der Waals surface area contributed by atoms with Gasteiger partial charge in [-0.3, -0.25) is 0 Å². The van der Waals surface area contributed by atoms with E-state index in [1.165, 1.54) is 6.07 Å². The van der Waals surface area contributed by atoms with E-state index in [1.807, 2.05) is 4.90 Å². The van der Waals surface area contributed by atoms with Gasteiger partial charge in [0.2, 0.25) is 0 Å². The zero-order valence-corrected chi connectivity index (χ0v) is 9.63. The Bertz CT molecular complexity index is 470. The normalized spacial score (nSPS) is 16.4. The fourth-order valence-corrected chi connectivity index (χ4v) is 1.91. The summed E-state index contributed by atoms with van der Waals surface area (Å²) in [5.74, 6) is 2.32. The van der Waals surface area contributed by atoms with Gasteiger partial charge in [0, 0.05) is 18.7 Å². The zero-order chi connectivity index (χ0) is 13.2. The first-order valence-electron chi connectivity index (χ1n) is 5.53. The van der Waals surface area contributed by atoms with Crippen LogP contribution in [0.15, 0.2) is 18.2 Å². The molecule has 1 aromatic rings. The van der Waals surface area contributed by atoms with Gasteiger partial charge in [0.05, 0.1) is 24.5 Å². The molecule has 96 valence electrons. The molecule has 2 nitrogen and oxygen atoms in total. The fourth-order valence-electron chi connectivity index (χ4n) is 1.91. The molecule has 2 rings (SSSR count). The molecule has 5 heteroatoms. The Kier molecular flexibility index (Phi) is 3.48. The number of morpholine rings is 1. The Hall–Kier alpha value is -1.67. The first-order valence-corrected chi connectivity index (χ1v) is 5.53. The van der Waals surface area contributed by atoms with Gasteiger partial charge in [-0.05, 0) is 18.2 Å². The van der Waals surface area contributed by atoms with Crippen molar-refractivity contribution in [1.82, 2.24) is 0 Å². The maximum Gasteiger partial charge on any atom is 0.416 e. The lowest BCUT2D eigenvalue weighted by Crippen LogP contribution is -2.36. The van der Waals surface area contributed by atoms with Crippen LogP contribution in [0.4, 0.5) is 18.9 Å². The molecular formula is C13H12F3NO. The van der Waals surface area contributed by atoms with Crippen molar-refractivity contribution < 1.29 is 17.9 Å². The molecule has 0 saturated carbocycles. The van der Waals surface area contributed by atoms with Gasteiger partial charge < -0.3 is 9.64 Å². The number of halogens is 3. The summed E-state index contributed by atoms with van der Waals surface area (Å²) < 4.78 is 42.9. The molecular weight excluding hydrogens is 243 g/mol. The van der Waals surface area contributed by atoms with Crippen LogP contribution in [0.25, 0.3) is 0 Å². The topological polar surface area (TPSA) is 12.5 Å². The molecule has 0 radical (unpaired) electrons. The van der Waals surface area contributed by atoms with Crippen molar-refractivity contribution in [3.05, 3.63) is 29.3 Å². The summed E-state index contributed by atoms with van der Waals surface area (Å²) in [5.41, 5.74) is 0.216. The molecule has 1 aliphatic heterocycles. The predicted octanol–water partition coefficient (Wildman–Crippen LogP) is 2.52. The zero-order valence-electron chi connectivity index (χ0n) is 9.63. The Morgan fingerprint density at radius 2 is 1.89 bits per heavy atom. The van der Waals surface area contributed by atoms with Gasteiger partial charge in [-0.25, -0.2) is 0 Å². The molecule has 1 fully saturated rings. The van der Waals surface area contributed by atoms with Crippen molar-refractivity contribution in [1.29, 1.82) is 0 Å². The van der Waals surface area contributed by atoms with Crippen LogP contribution >= 0.6 is 0 Å². The minimum Gasteiger partial charge on any atom is -0.378 e. The Morgan fingerprint density at radius 1 is 1.22 bits per heavy atom. The van der Waals surface area contributed by atoms with E-state index in [1.54, 1.807) is 0 Å². The van der Waals surface area contributed by atoms with Crippen LogP contribution in [0.2, 0.25) is 0 Å². The van der Waals surface area contributed by atoms with Crippen LogP contribution in [0, 0.1) is 12.3 Å². The minimum absolute atomic E-state index is 0.270. The highest BCUT2D eigenvalue weighted by atomic mass is 19.4. The number of ether oxygens (including phenoxy) is 1. The Morgan fingerprint density at radius 3 is 2.44 bits per heavy atom.